The van der Waals surface area contributed by atoms with E-state index in [2.05, 4.69) is 10.1 Å². The molecule has 112 valence electrons. The minimum absolute atomic E-state index is 0.261. The van der Waals surface area contributed by atoms with Crippen molar-refractivity contribution in [1.29, 1.82) is 0 Å². The number of nitrogens with one attached hydrogen (secondary N) is 1. The van der Waals surface area contributed by atoms with Gasteiger partial charge in [0.25, 0.3) is 5.24 Å². The van der Waals surface area contributed by atoms with E-state index in [1.54, 1.807) is 19.1 Å². The summed E-state index contributed by atoms with van der Waals surface area (Å²) in [7, 11) is 0. The molecule has 0 bridgehead atoms. The third-order valence-electron chi connectivity index (χ3n) is 3.62. The maximum absolute atomic E-state index is 12.3. The monoisotopic (exact) mass is 316 g/mol. The number of halogens is 1. The van der Waals surface area contributed by atoms with Crippen molar-refractivity contribution in [3.05, 3.63) is 41.3 Å². The van der Waals surface area contributed by atoms with Gasteiger partial charge in [-0.2, -0.15) is 0 Å². The molecule has 3 aromatic rings. The molecule has 22 heavy (non-hydrogen) atoms. The number of carbonyl (C=O) groups is 2. The third-order valence-corrected chi connectivity index (χ3v) is 3.79. The van der Waals surface area contributed by atoms with Gasteiger partial charge in [0.05, 0.1) is 22.5 Å². The zero-order chi connectivity index (χ0) is 15.9. The Hall–Kier alpha value is -2.40. The highest BCUT2D eigenvalue weighted by Crippen LogP contribution is 2.35. The Morgan fingerprint density at radius 2 is 2.05 bits per heavy atom. The number of carbonyl (C=O) groups excluding carboxylic acids is 2. The number of aryl methyl sites for hydroxylation is 2. The molecule has 5 nitrogen and oxygen atoms in total. The number of rotatable bonds is 4. The predicted octanol–water partition coefficient (Wildman–Crippen LogP) is 3.64. The molecular formula is C16H13ClN2O3. The molecule has 2 heterocycles. The van der Waals surface area contributed by atoms with Crippen molar-refractivity contribution in [2.24, 2.45) is 0 Å². The number of Topliss-reactive ketones (excluding diaryl/α,β-unsaturated/α-hetero) is 1. The fourth-order valence-electron chi connectivity index (χ4n) is 2.64. The summed E-state index contributed by atoms with van der Waals surface area (Å²) >= 11 is 5.43. The van der Waals surface area contributed by atoms with Gasteiger partial charge in [0, 0.05) is 17.3 Å². The van der Waals surface area contributed by atoms with Crippen molar-refractivity contribution in [2.75, 3.05) is 0 Å². The second kappa shape index (κ2) is 5.42. The first-order chi connectivity index (χ1) is 10.5. The Morgan fingerprint density at radius 3 is 2.73 bits per heavy atom. The number of ketones is 1. The lowest BCUT2D eigenvalue weighted by Gasteiger charge is -2.02. The molecule has 0 aliphatic rings. The second-order valence-corrected chi connectivity index (χ2v) is 5.29. The molecule has 0 atom stereocenters. The molecule has 0 saturated heterocycles. The fourth-order valence-corrected chi connectivity index (χ4v) is 2.74. The van der Waals surface area contributed by atoms with E-state index in [9.17, 15) is 9.59 Å². The Bertz CT molecular complexity index is 892. The molecule has 3 rings (SSSR count). The van der Waals surface area contributed by atoms with E-state index >= 15 is 0 Å². The SMILES string of the molecule is CCc1onc(C)c1-c1[nH]c2ccccc2c1C(=O)C(=O)Cl. The summed E-state index contributed by atoms with van der Waals surface area (Å²) in [5.74, 6) is -0.0862. The topological polar surface area (TPSA) is 76.0 Å². The molecule has 0 amide bonds. The van der Waals surface area contributed by atoms with Crippen molar-refractivity contribution in [3.8, 4) is 11.3 Å². The minimum atomic E-state index is -1.02. The number of aromatic amines is 1. The first-order valence-corrected chi connectivity index (χ1v) is 7.22. The number of aromatic nitrogens is 2. The van der Waals surface area contributed by atoms with E-state index in [0.717, 1.165) is 5.52 Å². The van der Waals surface area contributed by atoms with E-state index in [-0.39, 0.29) is 5.56 Å². The molecule has 0 spiro atoms. The lowest BCUT2D eigenvalue weighted by molar-refractivity contribution is -0.108. The van der Waals surface area contributed by atoms with Crippen molar-refractivity contribution < 1.29 is 14.1 Å². The van der Waals surface area contributed by atoms with Gasteiger partial charge in [-0.1, -0.05) is 30.3 Å². The van der Waals surface area contributed by atoms with Crippen molar-refractivity contribution in [3.63, 3.8) is 0 Å². The first-order valence-electron chi connectivity index (χ1n) is 6.85. The van der Waals surface area contributed by atoms with Gasteiger partial charge in [0.2, 0.25) is 5.78 Å². The molecule has 0 radical (unpaired) electrons. The standard InChI is InChI=1S/C16H13ClN2O3/c1-3-11-12(8(2)19-22-11)14-13(15(20)16(17)21)9-6-4-5-7-10(9)18-14/h4-7,18H,3H2,1-2H3. The number of nitrogens with zero attached hydrogens (tertiary/aromatic N) is 1. The van der Waals surface area contributed by atoms with Crippen LogP contribution in [0.2, 0.25) is 0 Å². The van der Waals surface area contributed by atoms with Crippen LogP contribution in [0.4, 0.5) is 0 Å². The first kappa shape index (κ1) is 14.5. The van der Waals surface area contributed by atoms with Gasteiger partial charge in [0.1, 0.15) is 5.76 Å². The quantitative estimate of drug-likeness (QED) is 0.453. The summed E-state index contributed by atoms with van der Waals surface area (Å²) in [4.78, 5) is 26.9. The average molecular weight is 317 g/mol. The van der Waals surface area contributed by atoms with Gasteiger partial charge in [-0.05, 0) is 24.6 Å². The van der Waals surface area contributed by atoms with Crippen LogP contribution in [-0.2, 0) is 11.2 Å². The molecule has 6 heteroatoms. The minimum Gasteiger partial charge on any atom is -0.360 e. The van der Waals surface area contributed by atoms with E-state index in [0.29, 0.717) is 34.5 Å². The lowest BCUT2D eigenvalue weighted by Crippen LogP contribution is -2.08. The van der Waals surface area contributed by atoms with E-state index in [1.165, 1.54) is 0 Å². The number of hydrogen-bond donors (Lipinski definition) is 1. The maximum Gasteiger partial charge on any atom is 0.293 e. The van der Waals surface area contributed by atoms with Gasteiger partial charge >= 0.3 is 0 Å². The van der Waals surface area contributed by atoms with Gasteiger partial charge in [-0.25, -0.2) is 0 Å². The van der Waals surface area contributed by atoms with Crippen LogP contribution >= 0.6 is 11.6 Å². The average Bonchev–Trinajstić information content (AvgIpc) is 3.05. The summed E-state index contributed by atoms with van der Waals surface area (Å²) in [5, 5.41) is 3.59. The van der Waals surface area contributed by atoms with Crippen LogP contribution < -0.4 is 0 Å². The number of benzene rings is 1. The van der Waals surface area contributed by atoms with Crippen LogP contribution in [0.1, 0.15) is 28.7 Å². The van der Waals surface area contributed by atoms with Gasteiger partial charge in [0.15, 0.2) is 0 Å². The van der Waals surface area contributed by atoms with Crippen molar-refractivity contribution >= 4 is 33.5 Å². The second-order valence-electron chi connectivity index (χ2n) is 4.94. The summed E-state index contributed by atoms with van der Waals surface area (Å²) in [6.07, 6.45) is 0.619. The highest BCUT2D eigenvalue weighted by Gasteiger charge is 2.27. The number of para-hydroxylation sites is 1. The molecular weight excluding hydrogens is 304 g/mol. The van der Waals surface area contributed by atoms with Gasteiger partial charge in [-0.3, -0.25) is 9.59 Å². The summed E-state index contributed by atoms with van der Waals surface area (Å²) < 4.78 is 5.29. The van der Waals surface area contributed by atoms with Gasteiger partial charge in [-0.15, -0.1) is 0 Å². The zero-order valence-corrected chi connectivity index (χ0v) is 12.8. The summed E-state index contributed by atoms with van der Waals surface area (Å²) in [5.41, 5.74) is 2.90. The van der Waals surface area contributed by atoms with Crippen molar-refractivity contribution in [2.45, 2.75) is 20.3 Å². The van der Waals surface area contributed by atoms with E-state index in [4.69, 9.17) is 16.1 Å². The van der Waals surface area contributed by atoms with Crippen LogP contribution in [0.15, 0.2) is 28.8 Å². The Balaban J connectivity index is 2.38. The van der Waals surface area contributed by atoms with Crippen LogP contribution in [-0.4, -0.2) is 21.2 Å². The largest absolute Gasteiger partial charge is 0.360 e. The Labute approximate surface area is 131 Å². The third kappa shape index (κ3) is 2.14. The highest BCUT2D eigenvalue weighted by molar-refractivity contribution is 6.83. The summed E-state index contributed by atoms with van der Waals surface area (Å²) in [6.45, 7) is 3.72. The molecule has 1 N–H and O–H groups in total. The molecule has 0 saturated carbocycles. The number of H-pyrrole nitrogens is 1. The maximum atomic E-state index is 12.3. The Morgan fingerprint density at radius 1 is 1.32 bits per heavy atom. The van der Waals surface area contributed by atoms with E-state index < -0.39 is 11.0 Å². The van der Waals surface area contributed by atoms with Crippen LogP contribution in [0, 0.1) is 6.92 Å². The lowest BCUT2D eigenvalue weighted by atomic mass is 10.0. The van der Waals surface area contributed by atoms with Gasteiger partial charge < -0.3 is 9.51 Å². The van der Waals surface area contributed by atoms with Crippen LogP contribution in [0.5, 0.6) is 0 Å². The van der Waals surface area contributed by atoms with E-state index in [1.807, 2.05) is 19.1 Å². The Kier molecular flexibility index (Phi) is 3.58. The fraction of sp³-hybridized carbons (Fsp3) is 0.188. The molecule has 0 aliphatic heterocycles. The van der Waals surface area contributed by atoms with Crippen molar-refractivity contribution in [1.82, 2.24) is 10.1 Å². The molecule has 0 aliphatic carbocycles. The normalized spacial score (nSPS) is 11.0. The number of fused-ring (bicyclic) bond motifs is 1. The predicted molar refractivity (Wildman–Crippen MR) is 83.1 cm³/mol. The highest BCUT2D eigenvalue weighted by atomic mass is 35.5. The number of hydrogen-bond acceptors (Lipinski definition) is 4. The van der Waals surface area contributed by atoms with Crippen LogP contribution in [0.3, 0.4) is 0 Å². The van der Waals surface area contributed by atoms with Crippen LogP contribution in [0.25, 0.3) is 22.2 Å². The molecule has 1 aromatic carbocycles. The molecule has 0 unspecified atom stereocenters. The summed E-state index contributed by atoms with van der Waals surface area (Å²) in [6, 6.07) is 7.26. The molecule has 0 fully saturated rings. The smallest absolute Gasteiger partial charge is 0.293 e. The zero-order valence-electron chi connectivity index (χ0n) is 12.1. The molecule has 2 aromatic heterocycles.